The van der Waals surface area contributed by atoms with Crippen LogP contribution < -0.4 is 15.2 Å². The van der Waals surface area contributed by atoms with Gasteiger partial charge < -0.3 is 25.1 Å². The molecule has 1 atom stereocenters. The number of anilines is 1. The Morgan fingerprint density at radius 2 is 1.14 bits per heavy atom. The number of benzene rings is 5. The van der Waals surface area contributed by atoms with Gasteiger partial charge in [-0.05, 0) is 90.7 Å². The van der Waals surface area contributed by atoms with E-state index in [0.29, 0.717) is 47.7 Å². The molecule has 0 aliphatic heterocycles. The zero-order valence-electron chi connectivity index (χ0n) is 29.1. The Kier molecular flexibility index (Phi) is 15.5. The highest BCUT2D eigenvalue weighted by atomic mass is 35.5. The normalized spacial score (nSPS) is 11.8. The van der Waals surface area contributed by atoms with Gasteiger partial charge in [-0.15, -0.1) is 0 Å². The molecule has 3 N–H and O–H groups in total. The second-order valence-electron chi connectivity index (χ2n) is 12.8. The first-order valence-electron chi connectivity index (χ1n) is 17.7. The number of aliphatic hydroxyl groups is 1. The van der Waals surface area contributed by atoms with Gasteiger partial charge in [0.2, 0.25) is 0 Å². The van der Waals surface area contributed by atoms with Crippen LogP contribution >= 0.6 is 23.2 Å². The minimum atomic E-state index is -0.740. The van der Waals surface area contributed by atoms with Crippen LogP contribution in [0.15, 0.2) is 121 Å². The molecule has 0 amide bonds. The van der Waals surface area contributed by atoms with E-state index in [-0.39, 0.29) is 0 Å². The lowest BCUT2D eigenvalue weighted by atomic mass is 10.1. The van der Waals surface area contributed by atoms with Gasteiger partial charge in [0, 0.05) is 32.4 Å². The number of unbranched alkanes of at least 4 members (excludes halogenated alkanes) is 2. The zero-order valence-corrected chi connectivity index (χ0v) is 30.6. The summed E-state index contributed by atoms with van der Waals surface area (Å²) >= 11 is 12.5. The third kappa shape index (κ3) is 13.2. The molecule has 5 aromatic carbocycles. The van der Waals surface area contributed by atoms with Crippen molar-refractivity contribution in [2.45, 2.75) is 58.0 Å². The molecule has 5 aromatic rings. The topological polar surface area (TPSA) is 77.2 Å². The maximum absolute atomic E-state index is 11.1. The van der Waals surface area contributed by atoms with Crippen LogP contribution in [0.3, 0.4) is 0 Å². The third-order valence-corrected chi connectivity index (χ3v) is 9.25. The molecular weight excluding hydrogens is 679 g/mol. The molecule has 0 aliphatic rings. The van der Waals surface area contributed by atoms with Crippen molar-refractivity contribution in [2.24, 2.45) is 0 Å². The molecule has 0 radical (unpaired) electrons. The monoisotopic (exact) mass is 726 g/mol. The SMILES string of the molecule is Nc1c(Cl)cc(C(O)CN(CCCCCOCCCc2cc(OCc3ccccc3)cc(OCc3ccccc3)c2)Cc2ccccc2)cc1Cl. The van der Waals surface area contributed by atoms with E-state index < -0.39 is 6.10 Å². The van der Waals surface area contributed by atoms with Crippen molar-refractivity contribution >= 4 is 28.9 Å². The fraction of sp³-hybridized carbons (Fsp3) is 0.302. The van der Waals surface area contributed by atoms with Crippen LogP contribution in [0, 0.1) is 0 Å². The third-order valence-electron chi connectivity index (χ3n) is 8.62. The molecule has 0 heterocycles. The fourth-order valence-corrected chi connectivity index (χ4v) is 6.35. The summed E-state index contributed by atoms with van der Waals surface area (Å²) in [6.07, 6.45) is 4.03. The Balaban J connectivity index is 1.05. The quantitative estimate of drug-likeness (QED) is 0.0579. The Hall–Kier alpha value is -4.04. The molecule has 0 aliphatic carbocycles. The summed E-state index contributed by atoms with van der Waals surface area (Å²) in [5.41, 5.74) is 11.5. The van der Waals surface area contributed by atoms with Gasteiger partial charge in [-0.2, -0.15) is 0 Å². The predicted molar refractivity (Wildman–Crippen MR) is 209 cm³/mol. The second kappa shape index (κ2) is 20.7. The van der Waals surface area contributed by atoms with Crippen molar-refractivity contribution in [2.75, 3.05) is 32.0 Å². The summed E-state index contributed by atoms with van der Waals surface area (Å²) in [5.74, 6) is 1.60. The molecule has 268 valence electrons. The minimum absolute atomic E-state index is 0.328. The summed E-state index contributed by atoms with van der Waals surface area (Å²) < 4.78 is 18.4. The van der Waals surface area contributed by atoms with Crippen LogP contribution in [0.2, 0.25) is 10.0 Å². The van der Waals surface area contributed by atoms with Crippen LogP contribution in [0.25, 0.3) is 0 Å². The number of hydrogen-bond donors (Lipinski definition) is 2. The molecule has 0 spiro atoms. The Bertz CT molecular complexity index is 1660. The Morgan fingerprint density at radius 3 is 1.71 bits per heavy atom. The maximum atomic E-state index is 11.1. The number of rotatable bonds is 21. The first-order chi connectivity index (χ1) is 24.9. The molecule has 51 heavy (non-hydrogen) atoms. The summed E-state index contributed by atoms with van der Waals surface area (Å²) in [5, 5.41) is 11.8. The number of nitrogens with zero attached hydrogens (tertiary/aromatic N) is 1. The van der Waals surface area contributed by atoms with E-state index in [4.69, 9.17) is 43.1 Å². The molecule has 0 bridgehead atoms. The number of hydrogen-bond acceptors (Lipinski definition) is 6. The summed E-state index contributed by atoms with van der Waals surface area (Å²) in [6, 6.07) is 40.2. The zero-order chi connectivity index (χ0) is 35.7. The minimum Gasteiger partial charge on any atom is -0.489 e. The second-order valence-corrected chi connectivity index (χ2v) is 13.6. The van der Waals surface area contributed by atoms with Crippen LogP contribution in [0.4, 0.5) is 5.69 Å². The molecular formula is C43H48Cl2N2O4. The van der Waals surface area contributed by atoms with E-state index in [9.17, 15) is 5.11 Å². The number of nitrogens with two attached hydrogens (primary N) is 1. The molecule has 5 rings (SSSR count). The highest BCUT2D eigenvalue weighted by Crippen LogP contribution is 2.32. The summed E-state index contributed by atoms with van der Waals surface area (Å²) in [6.45, 7) is 4.45. The van der Waals surface area contributed by atoms with Crippen LogP contribution in [-0.4, -0.2) is 36.3 Å². The van der Waals surface area contributed by atoms with Crippen LogP contribution in [0.5, 0.6) is 11.5 Å². The van der Waals surface area contributed by atoms with Crippen LogP contribution in [-0.2, 0) is 30.9 Å². The molecule has 8 heteroatoms. The van der Waals surface area contributed by atoms with E-state index >= 15 is 0 Å². The molecule has 0 saturated carbocycles. The highest BCUT2D eigenvalue weighted by molar-refractivity contribution is 6.38. The largest absolute Gasteiger partial charge is 0.489 e. The lowest BCUT2D eigenvalue weighted by Crippen LogP contribution is -2.29. The number of aryl methyl sites for hydroxylation is 1. The van der Waals surface area contributed by atoms with Crippen molar-refractivity contribution in [3.63, 3.8) is 0 Å². The van der Waals surface area contributed by atoms with Gasteiger partial charge in [0.05, 0.1) is 21.8 Å². The first kappa shape index (κ1) is 38.2. The van der Waals surface area contributed by atoms with Gasteiger partial charge in [0.25, 0.3) is 0 Å². The molecule has 6 nitrogen and oxygen atoms in total. The summed E-state index contributed by atoms with van der Waals surface area (Å²) in [4.78, 5) is 2.27. The molecule has 1 unspecified atom stereocenters. The van der Waals surface area contributed by atoms with Crippen molar-refractivity contribution in [1.29, 1.82) is 0 Å². The molecule has 0 aromatic heterocycles. The fourth-order valence-electron chi connectivity index (χ4n) is 5.84. The number of nitrogen functional groups attached to an aromatic ring is 1. The lowest BCUT2D eigenvalue weighted by Gasteiger charge is -2.26. The van der Waals surface area contributed by atoms with Crippen molar-refractivity contribution < 1.29 is 19.3 Å². The van der Waals surface area contributed by atoms with E-state index in [2.05, 4.69) is 53.4 Å². The molecule has 0 saturated heterocycles. The van der Waals surface area contributed by atoms with Gasteiger partial charge in [-0.3, -0.25) is 4.90 Å². The molecule has 0 fully saturated rings. The standard InChI is InChI=1S/C43H48Cl2N2O4/c44-40-26-37(27-41(45)43(40)46)42(48)30-47(29-33-14-5-1-6-15-33)21-11-4-12-22-49-23-13-20-36-24-38(50-31-34-16-7-2-8-17-34)28-39(25-36)51-32-35-18-9-3-10-19-35/h1-3,5-10,14-19,24-28,42,48H,4,11-13,20-23,29-32,46H2. The van der Waals surface area contributed by atoms with Crippen LogP contribution in [0.1, 0.15) is 59.6 Å². The van der Waals surface area contributed by atoms with Crippen molar-refractivity contribution in [1.82, 2.24) is 4.90 Å². The average Bonchev–Trinajstić information content (AvgIpc) is 3.15. The van der Waals surface area contributed by atoms with E-state index in [1.54, 1.807) is 12.1 Å². The van der Waals surface area contributed by atoms with E-state index in [1.165, 1.54) is 5.56 Å². The van der Waals surface area contributed by atoms with E-state index in [1.807, 2.05) is 60.7 Å². The van der Waals surface area contributed by atoms with E-state index in [0.717, 1.165) is 80.0 Å². The maximum Gasteiger partial charge on any atom is 0.123 e. The van der Waals surface area contributed by atoms with Gasteiger partial charge in [0.1, 0.15) is 24.7 Å². The first-order valence-corrected chi connectivity index (χ1v) is 18.4. The smallest absolute Gasteiger partial charge is 0.123 e. The Morgan fingerprint density at radius 1 is 0.608 bits per heavy atom. The summed E-state index contributed by atoms with van der Waals surface area (Å²) in [7, 11) is 0. The number of halogens is 2. The lowest BCUT2D eigenvalue weighted by molar-refractivity contribution is 0.105. The van der Waals surface area contributed by atoms with Gasteiger partial charge >= 0.3 is 0 Å². The van der Waals surface area contributed by atoms with Gasteiger partial charge in [0.15, 0.2) is 0 Å². The van der Waals surface area contributed by atoms with Crippen molar-refractivity contribution in [3.8, 4) is 11.5 Å². The van der Waals surface area contributed by atoms with Gasteiger partial charge in [-0.1, -0.05) is 114 Å². The number of ether oxygens (including phenoxy) is 3. The highest BCUT2D eigenvalue weighted by Gasteiger charge is 2.17. The Labute approximate surface area is 312 Å². The van der Waals surface area contributed by atoms with Gasteiger partial charge in [-0.25, -0.2) is 0 Å². The predicted octanol–water partition coefficient (Wildman–Crippen LogP) is 10.1. The van der Waals surface area contributed by atoms with Crippen molar-refractivity contribution in [3.05, 3.63) is 159 Å². The number of aliphatic hydroxyl groups excluding tert-OH is 1. The average molecular weight is 728 g/mol.